The molecule has 0 aliphatic heterocycles. The summed E-state index contributed by atoms with van der Waals surface area (Å²) in [6.45, 7) is 2.84. The Morgan fingerprint density at radius 2 is 2.22 bits per heavy atom. The van der Waals surface area contributed by atoms with E-state index in [0.717, 1.165) is 34.5 Å². The van der Waals surface area contributed by atoms with Crippen LogP contribution in [-0.4, -0.2) is 9.78 Å². The molecule has 0 spiro atoms. The molecule has 0 unspecified atom stereocenters. The highest BCUT2D eigenvalue weighted by atomic mass is 79.9. The monoisotopic (exact) mass is 308 g/mol. The Morgan fingerprint density at radius 1 is 1.44 bits per heavy atom. The van der Waals surface area contributed by atoms with Gasteiger partial charge in [-0.1, -0.05) is 22.9 Å². The fourth-order valence-corrected chi connectivity index (χ4v) is 2.26. The van der Waals surface area contributed by atoms with Crippen molar-refractivity contribution in [2.75, 3.05) is 11.1 Å². The molecule has 0 aliphatic carbocycles. The zero-order valence-corrected chi connectivity index (χ0v) is 12.2. The minimum Gasteiger partial charge on any atom is -0.397 e. The van der Waals surface area contributed by atoms with Crippen LogP contribution in [0.3, 0.4) is 0 Å². The molecule has 1 aromatic heterocycles. The number of anilines is 2. The van der Waals surface area contributed by atoms with Crippen molar-refractivity contribution < 1.29 is 0 Å². The third kappa shape index (κ3) is 2.85. The molecule has 5 heteroatoms. The summed E-state index contributed by atoms with van der Waals surface area (Å²) >= 11 is 3.44. The number of benzene rings is 1. The molecule has 18 heavy (non-hydrogen) atoms. The number of hydrogen-bond donors (Lipinski definition) is 2. The van der Waals surface area contributed by atoms with Crippen LogP contribution in [0.1, 0.15) is 18.2 Å². The molecule has 0 radical (unpaired) electrons. The summed E-state index contributed by atoms with van der Waals surface area (Å²) in [5.41, 5.74) is 9.95. The van der Waals surface area contributed by atoms with Crippen molar-refractivity contribution in [3.63, 3.8) is 0 Å². The van der Waals surface area contributed by atoms with Crippen LogP contribution in [0.15, 0.2) is 28.9 Å². The normalized spacial score (nSPS) is 10.6. The highest BCUT2D eigenvalue weighted by Gasteiger charge is 2.06. The lowest BCUT2D eigenvalue weighted by molar-refractivity contribution is 0.746. The van der Waals surface area contributed by atoms with Crippen LogP contribution < -0.4 is 11.1 Å². The van der Waals surface area contributed by atoms with Gasteiger partial charge in [0.05, 0.1) is 17.1 Å². The largest absolute Gasteiger partial charge is 0.397 e. The second kappa shape index (κ2) is 5.44. The standard InChI is InChI=1S/C13H17BrN4/c1-3-12-9(8-18(2)17-12)7-16-13-6-10(14)4-5-11(13)15/h4-6,8,16H,3,7,15H2,1-2H3. The second-order valence-electron chi connectivity index (χ2n) is 4.21. The SMILES string of the molecule is CCc1nn(C)cc1CNc1cc(Br)ccc1N. The first-order chi connectivity index (χ1) is 8.60. The first-order valence-corrected chi connectivity index (χ1v) is 6.69. The lowest BCUT2D eigenvalue weighted by Gasteiger charge is -2.09. The van der Waals surface area contributed by atoms with E-state index in [4.69, 9.17) is 5.73 Å². The van der Waals surface area contributed by atoms with Crippen molar-refractivity contribution in [1.29, 1.82) is 0 Å². The van der Waals surface area contributed by atoms with Crippen LogP contribution in [0.2, 0.25) is 0 Å². The van der Waals surface area contributed by atoms with E-state index in [9.17, 15) is 0 Å². The predicted octanol–water partition coefficient (Wildman–Crippen LogP) is 2.94. The van der Waals surface area contributed by atoms with Crippen LogP contribution in [0.5, 0.6) is 0 Å². The molecule has 0 aliphatic rings. The number of nitrogens with two attached hydrogens (primary N) is 1. The van der Waals surface area contributed by atoms with Gasteiger partial charge in [0.15, 0.2) is 0 Å². The summed E-state index contributed by atoms with van der Waals surface area (Å²) in [4.78, 5) is 0. The summed E-state index contributed by atoms with van der Waals surface area (Å²) < 4.78 is 2.86. The fraction of sp³-hybridized carbons (Fsp3) is 0.308. The fourth-order valence-electron chi connectivity index (χ4n) is 1.90. The predicted molar refractivity (Wildman–Crippen MR) is 78.5 cm³/mol. The maximum Gasteiger partial charge on any atom is 0.0671 e. The molecule has 1 aromatic carbocycles. The molecule has 4 nitrogen and oxygen atoms in total. The molecular weight excluding hydrogens is 292 g/mol. The molecule has 1 heterocycles. The lowest BCUT2D eigenvalue weighted by atomic mass is 10.2. The minimum absolute atomic E-state index is 0.734. The van der Waals surface area contributed by atoms with Crippen LogP contribution in [0, 0.1) is 0 Å². The van der Waals surface area contributed by atoms with Gasteiger partial charge < -0.3 is 11.1 Å². The van der Waals surface area contributed by atoms with Gasteiger partial charge in [-0.15, -0.1) is 0 Å². The van der Waals surface area contributed by atoms with E-state index in [2.05, 4.69) is 33.3 Å². The van der Waals surface area contributed by atoms with Gasteiger partial charge in [0.2, 0.25) is 0 Å². The minimum atomic E-state index is 0.734. The molecule has 2 aromatic rings. The van der Waals surface area contributed by atoms with Crippen molar-refractivity contribution >= 4 is 27.3 Å². The van der Waals surface area contributed by atoms with Crippen molar-refractivity contribution in [2.24, 2.45) is 7.05 Å². The lowest BCUT2D eigenvalue weighted by Crippen LogP contribution is -2.03. The molecule has 0 saturated carbocycles. The van der Waals surface area contributed by atoms with E-state index >= 15 is 0 Å². The second-order valence-corrected chi connectivity index (χ2v) is 5.13. The average molecular weight is 309 g/mol. The van der Waals surface area contributed by atoms with E-state index in [1.54, 1.807) is 0 Å². The summed E-state index contributed by atoms with van der Waals surface area (Å²) in [7, 11) is 1.94. The smallest absolute Gasteiger partial charge is 0.0671 e. The Balaban J connectivity index is 2.13. The number of halogens is 1. The van der Waals surface area contributed by atoms with Crippen LogP contribution in [-0.2, 0) is 20.0 Å². The van der Waals surface area contributed by atoms with E-state index in [-0.39, 0.29) is 0 Å². The summed E-state index contributed by atoms with van der Waals surface area (Å²) in [6.07, 6.45) is 2.98. The van der Waals surface area contributed by atoms with Gasteiger partial charge in [0.25, 0.3) is 0 Å². The number of aromatic nitrogens is 2. The zero-order valence-electron chi connectivity index (χ0n) is 10.6. The maximum atomic E-state index is 5.93. The van der Waals surface area contributed by atoms with Crippen LogP contribution in [0.25, 0.3) is 0 Å². The summed E-state index contributed by atoms with van der Waals surface area (Å²) in [5.74, 6) is 0. The maximum absolute atomic E-state index is 5.93. The Bertz CT molecular complexity index is 548. The first kappa shape index (κ1) is 13.0. The average Bonchev–Trinajstić information content (AvgIpc) is 2.71. The Kier molecular flexibility index (Phi) is 3.91. The number of nitrogens with one attached hydrogen (secondary N) is 1. The zero-order chi connectivity index (χ0) is 13.1. The van der Waals surface area contributed by atoms with Gasteiger partial charge in [-0.2, -0.15) is 5.10 Å². The molecule has 2 rings (SSSR count). The first-order valence-electron chi connectivity index (χ1n) is 5.90. The molecule has 96 valence electrons. The molecule has 3 N–H and O–H groups in total. The van der Waals surface area contributed by atoms with Gasteiger partial charge in [0.1, 0.15) is 0 Å². The Morgan fingerprint density at radius 3 is 2.94 bits per heavy atom. The van der Waals surface area contributed by atoms with Gasteiger partial charge >= 0.3 is 0 Å². The van der Waals surface area contributed by atoms with Crippen molar-refractivity contribution in [1.82, 2.24) is 9.78 Å². The van der Waals surface area contributed by atoms with Gasteiger partial charge in [-0.3, -0.25) is 4.68 Å². The highest BCUT2D eigenvalue weighted by Crippen LogP contribution is 2.24. The molecule has 0 bridgehead atoms. The molecule has 0 saturated heterocycles. The van der Waals surface area contributed by atoms with Crippen molar-refractivity contribution in [3.05, 3.63) is 40.1 Å². The van der Waals surface area contributed by atoms with E-state index in [1.807, 2.05) is 36.1 Å². The van der Waals surface area contributed by atoms with Gasteiger partial charge in [0, 0.05) is 29.8 Å². The van der Waals surface area contributed by atoms with Crippen molar-refractivity contribution in [3.8, 4) is 0 Å². The number of aryl methyl sites for hydroxylation is 2. The summed E-state index contributed by atoms with van der Waals surface area (Å²) in [6, 6.07) is 5.80. The quantitative estimate of drug-likeness (QED) is 0.854. The topological polar surface area (TPSA) is 55.9 Å². The summed E-state index contributed by atoms with van der Waals surface area (Å²) in [5, 5.41) is 7.77. The third-order valence-corrected chi connectivity index (χ3v) is 3.30. The highest BCUT2D eigenvalue weighted by molar-refractivity contribution is 9.10. The third-order valence-electron chi connectivity index (χ3n) is 2.81. The molecule has 0 amide bonds. The number of rotatable bonds is 4. The molecule has 0 fully saturated rings. The number of hydrogen-bond acceptors (Lipinski definition) is 3. The van der Waals surface area contributed by atoms with Crippen molar-refractivity contribution in [2.45, 2.75) is 19.9 Å². The van der Waals surface area contributed by atoms with E-state index < -0.39 is 0 Å². The Hall–Kier alpha value is -1.49. The van der Waals surface area contributed by atoms with E-state index in [0.29, 0.717) is 0 Å². The van der Waals surface area contributed by atoms with Crippen LogP contribution >= 0.6 is 15.9 Å². The number of nitrogens with zero attached hydrogens (tertiary/aromatic N) is 2. The Labute approximate surface area is 115 Å². The van der Waals surface area contributed by atoms with Gasteiger partial charge in [-0.05, 0) is 24.6 Å². The van der Waals surface area contributed by atoms with Gasteiger partial charge in [-0.25, -0.2) is 0 Å². The molecule has 0 atom stereocenters. The van der Waals surface area contributed by atoms with E-state index in [1.165, 1.54) is 5.56 Å². The number of nitrogen functional groups attached to an aromatic ring is 1. The van der Waals surface area contributed by atoms with Crippen LogP contribution in [0.4, 0.5) is 11.4 Å². The molecular formula is C13H17BrN4.